The average Bonchev–Trinajstić information content (AvgIpc) is 2.52. The van der Waals surface area contributed by atoms with Gasteiger partial charge in [0.25, 0.3) is 0 Å². The molecule has 0 radical (unpaired) electrons. The normalized spacial score (nSPS) is 10.8. The highest BCUT2D eigenvalue weighted by molar-refractivity contribution is 5.78. The zero-order valence-corrected chi connectivity index (χ0v) is 6.70. The van der Waals surface area contributed by atoms with E-state index < -0.39 is 0 Å². The summed E-state index contributed by atoms with van der Waals surface area (Å²) in [5, 5.41) is 19.5. The molecule has 0 amide bonds. The fourth-order valence-corrected chi connectivity index (χ4v) is 1.27. The molecule has 62 valence electrons. The maximum absolute atomic E-state index is 9.05. The number of nitrogens with zero attached hydrogens (tertiary/aromatic N) is 2. The van der Waals surface area contributed by atoms with Crippen molar-refractivity contribution in [3.8, 4) is 0 Å². The maximum Gasteiger partial charge on any atom is 0.118 e. The van der Waals surface area contributed by atoms with E-state index in [0.29, 0.717) is 0 Å². The summed E-state index contributed by atoms with van der Waals surface area (Å²) in [6.45, 7) is 1.95. The number of hydrogen-bond donors (Lipinski definition) is 2. The first kappa shape index (κ1) is 7.24. The summed E-state index contributed by atoms with van der Waals surface area (Å²) in [4.78, 5) is 0. The van der Waals surface area contributed by atoms with E-state index >= 15 is 0 Å². The number of aromatic amines is 1. The number of hydrogen-bond acceptors (Lipinski definition) is 3. The standard InChI is InChI=1S/C8H9N3O/c1-5-2-3-7-8(6(5)4-12)10-11-9-7/h2-3,12H,4H2,1H3,(H,9,10,11). The number of nitrogens with one attached hydrogen (secondary N) is 1. The third-order valence-corrected chi connectivity index (χ3v) is 1.99. The van der Waals surface area contributed by atoms with Crippen LogP contribution in [0, 0.1) is 6.92 Å². The molecular weight excluding hydrogens is 154 g/mol. The fourth-order valence-electron chi connectivity index (χ4n) is 1.27. The van der Waals surface area contributed by atoms with Crippen molar-refractivity contribution < 1.29 is 5.11 Å². The van der Waals surface area contributed by atoms with Gasteiger partial charge in [-0.3, -0.25) is 0 Å². The molecule has 0 unspecified atom stereocenters. The van der Waals surface area contributed by atoms with Crippen LogP contribution in [0.2, 0.25) is 0 Å². The second kappa shape index (κ2) is 2.57. The van der Waals surface area contributed by atoms with Crippen LogP contribution in [0.1, 0.15) is 11.1 Å². The van der Waals surface area contributed by atoms with Crippen molar-refractivity contribution in [1.82, 2.24) is 15.4 Å². The van der Waals surface area contributed by atoms with Gasteiger partial charge in [-0.25, -0.2) is 0 Å². The summed E-state index contributed by atoms with van der Waals surface area (Å²) in [7, 11) is 0. The van der Waals surface area contributed by atoms with E-state index in [9.17, 15) is 0 Å². The summed E-state index contributed by atoms with van der Waals surface area (Å²) in [6.07, 6.45) is 0. The van der Waals surface area contributed by atoms with Crippen LogP contribution in [0.3, 0.4) is 0 Å². The zero-order chi connectivity index (χ0) is 8.55. The predicted octanol–water partition coefficient (Wildman–Crippen LogP) is 0.759. The number of benzene rings is 1. The van der Waals surface area contributed by atoms with E-state index in [1.165, 1.54) is 0 Å². The molecule has 0 aliphatic heterocycles. The lowest BCUT2D eigenvalue weighted by Crippen LogP contribution is -1.89. The summed E-state index contributed by atoms with van der Waals surface area (Å²) in [6, 6.07) is 3.81. The molecule has 4 nitrogen and oxygen atoms in total. The highest BCUT2D eigenvalue weighted by Crippen LogP contribution is 2.17. The Hall–Kier alpha value is -1.42. The first-order valence-electron chi connectivity index (χ1n) is 3.72. The zero-order valence-electron chi connectivity index (χ0n) is 6.70. The monoisotopic (exact) mass is 163 g/mol. The van der Waals surface area contributed by atoms with Gasteiger partial charge in [-0.2, -0.15) is 15.4 Å². The van der Waals surface area contributed by atoms with Gasteiger partial charge in [-0.05, 0) is 18.6 Å². The van der Waals surface area contributed by atoms with E-state index in [4.69, 9.17) is 5.11 Å². The van der Waals surface area contributed by atoms with Gasteiger partial charge >= 0.3 is 0 Å². The van der Waals surface area contributed by atoms with Gasteiger partial charge in [0.15, 0.2) is 0 Å². The summed E-state index contributed by atoms with van der Waals surface area (Å²) in [5.74, 6) is 0. The molecule has 0 spiro atoms. The van der Waals surface area contributed by atoms with E-state index in [2.05, 4.69) is 15.4 Å². The van der Waals surface area contributed by atoms with Crippen molar-refractivity contribution in [3.05, 3.63) is 23.3 Å². The van der Waals surface area contributed by atoms with Crippen molar-refractivity contribution in [2.75, 3.05) is 0 Å². The van der Waals surface area contributed by atoms with Gasteiger partial charge in [0.2, 0.25) is 0 Å². The Morgan fingerprint density at radius 3 is 3.00 bits per heavy atom. The second-order valence-electron chi connectivity index (χ2n) is 2.71. The van der Waals surface area contributed by atoms with Crippen LogP contribution in [0.4, 0.5) is 0 Å². The van der Waals surface area contributed by atoms with Gasteiger partial charge < -0.3 is 5.11 Å². The van der Waals surface area contributed by atoms with Gasteiger partial charge in [-0.1, -0.05) is 6.07 Å². The Labute approximate surface area is 69.2 Å². The minimum absolute atomic E-state index is 0.00963. The lowest BCUT2D eigenvalue weighted by molar-refractivity contribution is 0.282. The first-order valence-corrected chi connectivity index (χ1v) is 3.72. The molecule has 0 atom stereocenters. The Morgan fingerprint density at radius 2 is 2.25 bits per heavy atom. The summed E-state index contributed by atoms with van der Waals surface area (Å²) in [5.41, 5.74) is 3.45. The third kappa shape index (κ3) is 0.887. The highest BCUT2D eigenvalue weighted by Gasteiger charge is 2.05. The molecule has 1 aromatic heterocycles. The molecule has 1 heterocycles. The number of aliphatic hydroxyl groups excluding tert-OH is 1. The summed E-state index contributed by atoms with van der Waals surface area (Å²) >= 11 is 0. The number of aliphatic hydroxyl groups is 1. The van der Waals surface area contributed by atoms with Gasteiger partial charge in [0.1, 0.15) is 11.0 Å². The molecule has 4 heteroatoms. The highest BCUT2D eigenvalue weighted by atomic mass is 16.3. The SMILES string of the molecule is Cc1ccc2n[nH]nc2c1CO. The van der Waals surface area contributed by atoms with E-state index in [1.807, 2.05) is 19.1 Å². The van der Waals surface area contributed by atoms with E-state index in [1.54, 1.807) is 0 Å². The van der Waals surface area contributed by atoms with Crippen molar-refractivity contribution in [1.29, 1.82) is 0 Å². The molecule has 0 aliphatic carbocycles. The number of rotatable bonds is 1. The van der Waals surface area contributed by atoms with E-state index in [0.717, 1.165) is 22.2 Å². The largest absolute Gasteiger partial charge is 0.392 e. The Balaban J connectivity index is 2.83. The van der Waals surface area contributed by atoms with Crippen molar-refractivity contribution in [2.45, 2.75) is 13.5 Å². The van der Waals surface area contributed by atoms with Crippen LogP contribution in [0.15, 0.2) is 12.1 Å². The molecule has 1 aromatic carbocycles. The Kier molecular flexibility index (Phi) is 1.55. The molecule has 12 heavy (non-hydrogen) atoms. The maximum atomic E-state index is 9.05. The quantitative estimate of drug-likeness (QED) is 0.652. The molecule has 0 saturated heterocycles. The van der Waals surface area contributed by atoms with Crippen molar-refractivity contribution >= 4 is 11.0 Å². The molecule has 0 bridgehead atoms. The number of aryl methyl sites for hydroxylation is 1. The number of fused-ring (bicyclic) bond motifs is 1. The smallest absolute Gasteiger partial charge is 0.118 e. The van der Waals surface area contributed by atoms with Crippen LogP contribution >= 0.6 is 0 Å². The van der Waals surface area contributed by atoms with Crippen LogP contribution in [0.25, 0.3) is 11.0 Å². The van der Waals surface area contributed by atoms with Crippen molar-refractivity contribution in [2.24, 2.45) is 0 Å². The molecule has 2 rings (SSSR count). The Bertz CT molecular complexity index is 408. The molecule has 2 N–H and O–H groups in total. The summed E-state index contributed by atoms with van der Waals surface area (Å²) < 4.78 is 0. The minimum atomic E-state index is 0.00963. The first-order chi connectivity index (χ1) is 5.83. The van der Waals surface area contributed by atoms with Gasteiger partial charge in [-0.15, -0.1) is 0 Å². The average molecular weight is 163 g/mol. The predicted molar refractivity (Wildman–Crippen MR) is 44.5 cm³/mol. The second-order valence-corrected chi connectivity index (χ2v) is 2.71. The van der Waals surface area contributed by atoms with Crippen LogP contribution in [0.5, 0.6) is 0 Å². The topological polar surface area (TPSA) is 61.8 Å². The molecule has 0 fully saturated rings. The van der Waals surface area contributed by atoms with Crippen LogP contribution in [-0.2, 0) is 6.61 Å². The minimum Gasteiger partial charge on any atom is -0.392 e. The van der Waals surface area contributed by atoms with Crippen LogP contribution < -0.4 is 0 Å². The molecule has 2 aromatic rings. The molecule has 0 saturated carbocycles. The molecule has 0 aliphatic rings. The van der Waals surface area contributed by atoms with Gasteiger partial charge in [0, 0.05) is 5.56 Å². The van der Waals surface area contributed by atoms with E-state index in [-0.39, 0.29) is 6.61 Å². The number of aromatic nitrogens is 3. The van der Waals surface area contributed by atoms with Crippen molar-refractivity contribution in [3.63, 3.8) is 0 Å². The number of H-pyrrole nitrogens is 1. The molecular formula is C8H9N3O. The van der Waals surface area contributed by atoms with Crippen LogP contribution in [-0.4, -0.2) is 20.5 Å². The van der Waals surface area contributed by atoms with Gasteiger partial charge in [0.05, 0.1) is 6.61 Å². The fraction of sp³-hybridized carbons (Fsp3) is 0.250. The Morgan fingerprint density at radius 1 is 1.42 bits per heavy atom. The lowest BCUT2D eigenvalue weighted by atomic mass is 10.1. The lowest BCUT2D eigenvalue weighted by Gasteiger charge is -2.00. The third-order valence-electron chi connectivity index (χ3n) is 1.99.